The molecular formula is C15H10F3N3. The van der Waals surface area contributed by atoms with Crippen LogP contribution in [0.5, 0.6) is 0 Å². The van der Waals surface area contributed by atoms with Crippen molar-refractivity contribution in [2.75, 3.05) is 0 Å². The molecule has 0 aliphatic rings. The molecule has 2 heterocycles. The Hall–Kier alpha value is -2.63. The quantitative estimate of drug-likeness (QED) is 0.769. The molecule has 0 radical (unpaired) electrons. The smallest absolute Gasteiger partial charge is 0.277 e. The van der Waals surface area contributed by atoms with Crippen LogP contribution in [0, 0.1) is 0 Å². The number of alkyl halides is 3. The number of aromatic amines is 1. The summed E-state index contributed by atoms with van der Waals surface area (Å²) in [5.41, 5.74) is 1.09. The normalized spacial score (nSPS) is 11.6. The molecular weight excluding hydrogens is 279 g/mol. The summed E-state index contributed by atoms with van der Waals surface area (Å²) < 4.78 is 39.4. The molecule has 0 fully saturated rings. The van der Waals surface area contributed by atoms with E-state index in [0.29, 0.717) is 11.3 Å². The van der Waals surface area contributed by atoms with Crippen LogP contribution in [-0.4, -0.2) is 15.2 Å². The predicted octanol–water partition coefficient (Wildman–Crippen LogP) is 4.16. The van der Waals surface area contributed by atoms with Gasteiger partial charge in [0.2, 0.25) is 0 Å². The van der Waals surface area contributed by atoms with Crippen LogP contribution in [0.3, 0.4) is 0 Å². The monoisotopic (exact) mass is 289 g/mol. The van der Waals surface area contributed by atoms with E-state index in [2.05, 4.69) is 15.2 Å². The minimum absolute atomic E-state index is 0.0781. The first-order valence-corrected chi connectivity index (χ1v) is 6.18. The van der Waals surface area contributed by atoms with Gasteiger partial charge in [0.25, 0.3) is 0 Å². The minimum atomic E-state index is -4.42. The molecule has 0 spiro atoms. The lowest BCUT2D eigenvalue weighted by Gasteiger charge is -2.12. The lowest BCUT2D eigenvalue weighted by atomic mass is 9.98. The largest absolute Gasteiger partial charge is 0.417 e. The van der Waals surface area contributed by atoms with Gasteiger partial charge in [-0.05, 0) is 23.8 Å². The molecule has 0 aliphatic carbocycles. The second-order valence-corrected chi connectivity index (χ2v) is 4.44. The van der Waals surface area contributed by atoms with E-state index >= 15 is 0 Å². The number of benzene rings is 1. The van der Waals surface area contributed by atoms with E-state index in [1.165, 1.54) is 18.3 Å². The summed E-state index contributed by atoms with van der Waals surface area (Å²) in [6, 6.07) is 8.89. The van der Waals surface area contributed by atoms with Crippen molar-refractivity contribution in [2.24, 2.45) is 0 Å². The molecule has 3 nitrogen and oxygen atoms in total. The van der Waals surface area contributed by atoms with Gasteiger partial charge in [-0.25, -0.2) is 0 Å². The summed E-state index contributed by atoms with van der Waals surface area (Å²) in [6.45, 7) is 0. The summed E-state index contributed by atoms with van der Waals surface area (Å²) in [5, 5.41) is 6.55. The lowest BCUT2D eigenvalue weighted by Crippen LogP contribution is -2.07. The summed E-state index contributed by atoms with van der Waals surface area (Å²) in [5.74, 6) is 0. The van der Waals surface area contributed by atoms with Crippen molar-refractivity contribution in [3.05, 3.63) is 60.6 Å². The third kappa shape index (κ3) is 2.52. The number of nitrogens with zero attached hydrogens (tertiary/aromatic N) is 2. The fourth-order valence-electron chi connectivity index (χ4n) is 2.19. The Morgan fingerprint density at radius 3 is 2.33 bits per heavy atom. The molecule has 0 bridgehead atoms. The third-order valence-electron chi connectivity index (χ3n) is 3.13. The molecule has 3 rings (SSSR count). The number of rotatable bonds is 2. The maximum absolute atomic E-state index is 13.1. The van der Waals surface area contributed by atoms with Crippen LogP contribution in [0.2, 0.25) is 0 Å². The molecule has 0 saturated heterocycles. The molecule has 0 saturated carbocycles. The van der Waals surface area contributed by atoms with Crippen LogP contribution >= 0.6 is 0 Å². The van der Waals surface area contributed by atoms with E-state index in [-0.39, 0.29) is 5.56 Å². The van der Waals surface area contributed by atoms with E-state index in [9.17, 15) is 13.2 Å². The van der Waals surface area contributed by atoms with Gasteiger partial charge in [-0.15, -0.1) is 0 Å². The van der Waals surface area contributed by atoms with E-state index < -0.39 is 11.7 Å². The maximum Gasteiger partial charge on any atom is 0.417 e. The van der Waals surface area contributed by atoms with E-state index in [1.54, 1.807) is 30.6 Å². The number of pyridine rings is 1. The van der Waals surface area contributed by atoms with Gasteiger partial charge >= 0.3 is 6.18 Å². The van der Waals surface area contributed by atoms with E-state index in [0.717, 1.165) is 11.6 Å². The molecule has 3 aromatic rings. The summed E-state index contributed by atoms with van der Waals surface area (Å²) in [7, 11) is 0. The van der Waals surface area contributed by atoms with Gasteiger partial charge in [-0.1, -0.05) is 18.2 Å². The zero-order valence-electron chi connectivity index (χ0n) is 10.7. The van der Waals surface area contributed by atoms with Gasteiger partial charge in [0.05, 0.1) is 17.5 Å². The number of aromatic nitrogens is 3. The Morgan fingerprint density at radius 2 is 1.62 bits per heavy atom. The average Bonchev–Trinajstić information content (AvgIpc) is 2.96. The molecule has 106 valence electrons. The number of hydrogen-bond donors (Lipinski definition) is 1. The van der Waals surface area contributed by atoms with Crippen molar-refractivity contribution < 1.29 is 13.2 Å². The van der Waals surface area contributed by atoms with Crippen LogP contribution in [0.25, 0.3) is 22.4 Å². The summed E-state index contributed by atoms with van der Waals surface area (Å²) in [4.78, 5) is 3.90. The molecule has 21 heavy (non-hydrogen) atoms. The van der Waals surface area contributed by atoms with E-state index in [4.69, 9.17) is 0 Å². The number of hydrogen-bond acceptors (Lipinski definition) is 2. The molecule has 2 aromatic heterocycles. The molecule has 0 unspecified atom stereocenters. The highest BCUT2D eigenvalue weighted by atomic mass is 19.4. The summed E-state index contributed by atoms with van der Waals surface area (Å²) in [6.07, 6.45) is 0.262. The molecule has 0 amide bonds. The predicted molar refractivity (Wildman–Crippen MR) is 72.3 cm³/mol. The molecule has 1 aromatic carbocycles. The Bertz CT molecular complexity index is 748. The van der Waals surface area contributed by atoms with Gasteiger partial charge in [0.1, 0.15) is 0 Å². The van der Waals surface area contributed by atoms with Gasteiger partial charge in [0.15, 0.2) is 0 Å². The first-order chi connectivity index (χ1) is 10.1. The van der Waals surface area contributed by atoms with Crippen molar-refractivity contribution in [3.63, 3.8) is 0 Å². The number of halogens is 3. The van der Waals surface area contributed by atoms with Crippen LogP contribution in [0.1, 0.15) is 5.56 Å². The second-order valence-electron chi connectivity index (χ2n) is 4.44. The Morgan fingerprint density at radius 1 is 0.905 bits per heavy atom. The summed E-state index contributed by atoms with van der Waals surface area (Å²) >= 11 is 0. The average molecular weight is 289 g/mol. The van der Waals surface area contributed by atoms with Gasteiger partial charge in [0, 0.05) is 23.5 Å². The Labute approximate surface area is 118 Å². The zero-order chi connectivity index (χ0) is 14.9. The Balaban J connectivity index is 2.18. The molecule has 6 heteroatoms. The van der Waals surface area contributed by atoms with Crippen molar-refractivity contribution in [2.45, 2.75) is 6.18 Å². The SMILES string of the molecule is FC(F)(F)c1ccccc1-c1[nH]ncc1-c1ccncc1. The fraction of sp³-hybridized carbons (Fsp3) is 0.0667. The van der Waals surface area contributed by atoms with Crippen molar-refractivity contribution in [3.8, 4) is 22.4 Å². The number of nitrogens with one attached hydrogen (secondary N) is 1. The first-order valence-electron chi connectivity index (χ1n) is 6.18. The van der Waals surface area contributed by atoms with Crippen molar-refractivity contribution in [1.29, 1.82) is 0 Å². The van der Waals surface area contributed by atoms with Gasteiger partial charge in [-0.3, -0.25) is 10.1 Å². The highest BCUT2D eigenvalue weighted by Gasteiger charge is 2.34. The van der Waals surface area contributed by atoms with Crippen molar-refractivity contribution in [1.82, 2.24) is 15.2 Å². The first kappa shape index (κ1) is 13.4. The standard InChI is InChI=1S/C15H10F3N3/c16-15(17,18)13-4-2-1-3-11(13)14-12(9-20-21-14)10-5-7-19-8-6-10/h1-9H,(H,20,21). The molecule has 1 N–H and O–H groups in total. The molecule has 0 aliphatic heterocycles. The highest BCUT2D eigenvalue weighted by Crippen LogP contribution is 2.39. The van der Waals surface area contributed by atoms with Gasteiger partial charge < -0.3 is 0 Å². The number of H-pyrrole nitrogens is 1. The fourth-order valence-corrected chi connectivity index (χ4v) is 2.19. The van der Waals surface area contributed by atoms with Crippen LogP contribution in [0.15, 0.2) is 55.0 Å². The third-order valence-corrected chi connectivity index (χ3v) is 3.13. The maximum atomic E-state index is 13.1. The van der Waals surface area contributed by atoms with Crippen LogP contribution in [-0.2, 0) is 6.18 Å². The van der Waals surface area contributed by atoms with E-state index in [1.807, 2.05) is 0 Å². The minimum Gasteiger partial charge on any atom is -0.277 e. The second kappa shape index (κ2) is 5.05. The van der Waals surface area contributed by atoms with Crippen molar-refractivity contribution >= 4 is 0 Å². The van der Waals surface area contributed by atoms with Gasteiger partial charge in [-0.2, -0.15) is 18.3 Å². The lowest BCUT2D eigenvalue weighted by molar-refractivity contribution is -0.137. The zero-order valence-corrected chi connectivity index (χ0v) is 10.7. The van der Waals surface area contributed by atoms with Crippen LogP contribution in [0.4, 0.5) is 13.2 Å². The van der Waals surface area contributed by atoms with Crippen LogP contribution < -0.4 is 0 Å². The molecule has 0 atom stereocenters. The highest BCUT2D eigenvalue weighted by molar-refractivity contribution is 5.81. The topological polar surface area (TPSA) is 41.6 Å². The Kier molecular flexibility index (Phi) is 3.21.